The van der Waals surface area contributed by atoms with Gasteiger partial charge in [0.1, 0.15) is 0 Å². The van der Waals surface area contributed by atoms with E-state index in [4.69, 9.17) is 0 Å². The fourth-order valence-corrected chi connectivity index (χ4v) is 2.37. The molecule has 1 saturated carbocycles. The quantitative estimate of drug-likeness (QED) is 0.832. The van der Waals surface area contributed by atoms with Crippen LogP contribution in [0.5, 0.6) is 0 Å². The first kappa shape index (κ1) is 10.0. The third kappa shape index (κ3) is 2.31. The van der Waals surface area contributed by atoms with Crippen LogP contribution in [-0.4, -0.2) is 19.6 Å². The van der Waals surface area contributed by atoms with Gasteiger partial charge in [-0.1, -0.05) is 6.07 Å². The minimum atomic E-state index is 0.940. The van der Waals surface area contributed by atoms with Crippen LogP contribution < -0.4 is 10.2 Å². The fraction of sp³-hybridized carbons (Fsp3) is 0.571. The van der Waals surface area contributed by atoms with Crippen molar-refractivity contribution in [3.8, 4) is 0 Å². The van der Waals surface area contributed by atoms with Gasteiger partial charge in [-0.15, -0.1) is 0 Å². The second kappa shape index (κ2) is 4.36. The van der Waals surface area contributed by atoms with E-state index in [1.54, 1.807) is 0 Å². The van der Waals surface area contributed by atoms with Crippen molar-refractivity contribution >= 4 is 11.4 Å². The largest absolute Gasteiger partial charge is 0.385 e. The first-order valence-corrected chi connectivity index (χ1v) is 6.51. The molecule has 1 aromatic rings. The molecule has 2 heteroatoms. The number of hydrogen-bond donors (Lipinski definition) is 1. The zero-order chi connectivity index (χ0) is 10.8. The molecule has 0 amide bonds. The van der Waals surface area contributed by atoms with Crippen molar-refractivity contribution in [2.75, 3.05) is 29.9 Å². The summed E-state index contributed by atoms with van der Waals surface area (Å²) in [6.07, 6.45) is 5.52. The number of nitrogens with zero attached hydrogens (tertiary/aromatic N) is 1. The Labute approximate surface area is 97.6 Å². The van der Waals surface area contributed by atoms with Gasteiger partial charge in [-0.05, 0) is 49.8 Å². The Kier molecular flexibility index (Phi) is 2.73. The van der Waals surface area contributed by atoms with Gasteiger partial charge in [0, 0.05) is 31.0 Å². The average molecular weight is 216 g/mol. The summed E-state index contributed by atoms with van der Waals surface area (Å²) >= 11 is 0. The van der Waals surface area contributed by atoms with Crippen molar-refractivity contribution < 1.29 is 0 Å². The van der Waals surface area contributed by atoms with Gasteiger partial charge in [-0.25, -0.2) is 0 Å². The van der Waals surface area contributed by atoms with Crippen molar-refractivity contribution in [2.45, 2.75) is 25.7 Å². The van der Waals surface area contributed by atoms with Gasteiger partial charge >= 0.3 is 0 Å². The Morgan fingerprint density at radius 2 is 2.00 bits per heavy atom. The van der Waals surface area contributed by atoms with Crippen molar-refractivity contribution in [3.63, 3.8) is 0 Å². The Hall–Kier alpha value is -1.18. The maximum absolute atomic E-state index is 3.54. The van der Waals surface area contributed by atoms with E-state index in [1.165, 1.54) is 50.1 Å². The highest BCUT2D eigenvalue weighted by atomic mass is 15.1. The van der Waals surface area contributed by atoms with E-state index in [2.05, 4.69) is 34.5 Å². The monoisotopic (exact) mass is 216 g/mol. The van der Waals surface area contributed by atoms with E-state index < -0.39 is 0 Å². The van der Waals surface area contributed by atoms with Gasteiger partial charge in [0.2, 0.25) is 0 Å². The summed E-state index contributed by atoms with van der Waals surface area (Å²) in [4.78, 5) is 2.49. The summed E-state index contributed by atoms with van der Waals surface area (Å²) in [5.41, 5.74) is 2.68. The molecule has 0 radical (unpaired) electrons. The maximum atomic E-state index is 3.54. The van der Waals surface area contributed by atoms with E-state index in [1.807, 2.05) is 0 Å². The Morgan fingerprint density at radius 1 is 1.19 bits per heavy atom. The molecule has 2 aliphatic rings. The molecule has 1 N–H and O–H groups in total. The van der Waals surface area contributed by atoms with Gasteiger partial charge in [-0.3, -0.25) is 0 Å². The van der Waals surface area contributed by atoms with E-state index in [9.17, 15) is 0 Å². The molecule has 0 atom stereocenters. The Bertz CT molecular complexity index is 352. The zero-order valence-corrected chi connectivity index (χ0v) is 9.78. The van der Waals surface area contributed by atoms with Gasteiger partial charge in [0.15, 0.2) is 0 Å². The molecule has 0 bridgehead atoms. The average Bonchev–Trinajstić information content (AvgIpc) is 2.99. The van der Waals surface area contributed by atoms with E-state index in [0.717, 1.165) is 12.5 Å². The second-order valence-electron chi connectivity index (χ2n) is 5.07. The van der Waals surface area contributed by atoms with E-state index >= 15 is 0 Å². The van der Waals surface area contributed by atoms with Crippen LogP contribution in [-0.2, 0) is 0 Å². The summed E-state index contributed by atoms with van der Waals surface area (Å²) in [6.45, 7) is 3.61. The number of nitrogens with one attached hydrogen (secondary N) is 1. The van der Waals surface area contributed by atoms with Crippen molar-refractivity contribution in [2.24, 2.45) is 5.92 Å². The van der Waals surface area contributed by atoms with Crippen molar-refractivity contribution in [1.29, 1.82) is 0 Å². The normalized spacial score (nSPS) is 20.1. The molecule has 0 unspecified atom stereocenters. The van der Waals surface area contributed by atoms with Crippen LogP contribution in [0, 0.1) is 5.92 Å². The second-order valence-corrected chi connectivity index (χ2v) is 5.07. The third-order valence-corrected chi connectivity index (χ3v) is 3.61. The predicted octanol–water partition coefficient (Wildman–Crippen LogP) is 3.11. The molecule has 1 aliphatic heterocycles. The standard InChI is InChI=1S/C14H20N2/c1-2-9-16(8-1)14-5-3-4-13(10-14)15-11-12-6-7-12/h3-5,10,12,15H,1-2,6-9,11H2. The molecule has 1 saturated heterocycles. The molecule has 16 heavy (non-hydrogen) atoms. The van der Waals surface area contributed by atoms with Crippen LogP contribution in [0.3, 0.4) is 0 Å². The summed E-state index contributed by atoms with van der Waals surface area (Å²) in [6, 6.07) is 8.88. The Morgan fingerprint density at radius 3 is 2.75 bits per heavy atom. The number of hydrogen-bond acceptors (Lipinski definition) is 2. The molecule has 0 spiro atoms. The highest BCUT2D eigenvalue weighted by Crippen LogP contribution is 2.29. The molecule has 1 heterocycles. The zero-order valence-electron chi connectivity index (χ0n) is 9.78. The van der Waals surface area contributed by atoms with Crippen LogP contribution in [0.15, 0.2) is 24.3 Å². The number of anilines is 2. The van der Waals surface area contributed by atoms with Gasteiger partial charge in [0.25, 0.3) is 0 Å². The molecular weight excluding hydrogens is 196 g/mol. The highest BCUT2D eigenvalue weighted by molar-refractivity contribution is 5.58. The molecule has 86 valence electrons. The summed E-state index contributed by atoms with van der Waals surface area (Å²) in [5.74, 6) is 0.940. The minimum absolute atomic E-state index is 0.940. The highest BCUT2D eigenvalue weighted by Gasteiger charge is 2.20. The molecule has 1 aromatic carbocycles. The van der Waals surface area contributed by atoms with Crippen molar-refractivity contribution in [1.82, 2.24) is 0 Å². The first-order chi connectivity index (χ1) is 7.92. The SMILES string of the molecule is c1cc(NCC2CC2)cc(N2CCCC2)c1. The molecule has 3 rings (SSSR count). The van der Waals surface area contributed by atoms with Crippen LogP contribution in [0.25, 0.3) is 0 Å². The van der Waals surface area contributed by atoms with Gasteiger partial charge in [-0.2, -0.15) is 0 Å². The Balaban J connectivity index is 1.65. The van der Waals surface area contributed by atoms with Crippen LogP contribution in [0.4, 0.5) is 11.4 Å². The maximum Gasteiger partial charge on any atom is 0.0386 e. The summed E-state index contributed by atoms with van der Waals surface area (Å²) < 4.78 is 0. The number of rotatable bonds is 4. The summed E-state index contributed by atoms with van der Waals surface area (Å²) in [7, 11) is 0. The topological polar surface area (TPSA) is 15.3 Å². The number of benzene rings is 1. The molecule has 0 aromatic heterocycles. The fourth-order valence-electron chi connectivity index (χ4n) is 2.37. The first-order valence-electron chi connectivity index (χ1n) is 6.51. The van der Waals surface area contributed by atoms with Crippen molar-refractivity contribution in [3.05, 3.63) is 24.3 Å². The van der Waals surface area contributed by atoms with Gasteiger partial charge < -0.3 is 10.2 Å². The molecule has 2 nitrogen and oxygen atoms in total. The summed E-state index contributed by atoms with van der Waals surface area (Å²) in [5, 5.41) is 3.54. The lowest BCUT2D eigenvalue weighted by Gasteiger charge is -2.18. The van der Waals surface area contributed by atoms with Crippen LogP contribution in [0.1, 0.15) is 25.7 Å². The lowest BCUT2D eigenvalue weighted by Crippen LogP contribution is -2.17. The lowest BCUT2D eigenvalue weighted by atomic mass is 10.2. The molecule has 1 aliphatic carbocycles. The minimum Gasteiger partial charge on any atom is -0.385 e. The molecule has 2 fully saturated rings. The van der Waals surface area contributed by atoms with Crippen LogP contribution in [0.2, 0.25) is 0 Å². The van der Waals surface area contributed by atoms with E-state index in [0.29, 0.717) is 0 Å². The predicted molar refractivity (Wildman–Crippen MR) is 69.1 cm³/mol. The lowest BCUT2D eigenvalue weighted by molar-refractivity contribution is 0.888. The third-order valence-electron chi connectivity index (χ3n) is 3.61. The van der Waals surface area contributed by atoms with Gasteiger partial charge in [0.05, 0.1) is 0 Å². The van der Waals surface area contributed by atoms with E-state index in [-0.39, 0.29) is 0 Å². The van der Waals surface area contributed by atoms with Crippen LogP contribution >= 0.6 is 0 Å². The molecular formula is C14H20N2. The smallest absolute Gasteiger partial charge is 0.0386 e.